The van der Waals surface area contributed by atoms with Crippen molar-refractivity contribution in [2.45, 2.75) is 57.5 Å². The standard InChI is InChI=1S/C20H27NO2/c1-2-3-7-20(22)21(18-10-11-18)14-16-8-12-19(13-9-16)23-15-17-5-4-6-17/h2,8-9,12-13,17-18H,1,3-7,10-11,14-15H2. The highest BCUT2D eigenvalue weighted by Crippen LogP contribution is 2.30. The van der Waals surface area contributed by atoms with Crippen LogP contribution >= 0.6 is 0 Å². The molecule has 0 unspecified atom stereocenters. The number of hydrogen-bond acceptors (Lipinski definition) is 2. The van der Waals surface area contributed by atoms with Crippen LogP contribution in [0.4, 0.5) is 0 Å². The normalized spacial score (nSPS) is 17.4. The number of benzene rings is 1. The van der Waals surface area contributed by atoms with E-state index < -0.39 is 0 Å². The number of rotatable bonds is 9. The van der Waals surface area contributed by atoms with Crippen molar-refractivity contribution in [2.24, 2.45) is 5.92 Å². The SMILES string of the molecule is C=CCCC(=O)N(Cc1ccc(OCC2CCC2)cc1)C1CC1. The topological polar surface area (TPSA) is 29.5 Å². The molecule has 124 valence electrons. The Labute approximate surface area is 139 Å². The molecule has 0 heterocycles. The molecule has 0 bridgehead atoms. The summed E-state index contributed by atoms with van der Waals surface area (Å²) in [5.74, 6) is 1.94. The van der Waals surface area contributed by atoms with Crippen LogP contribution in [-0.2, 0) is 11.3 Å². The van der Waals surface area contributed by atoms with Gasteiger partial charge in [0.15, 0.2) is 0 Å². The maximum atomic E-state index is 12.3. The molecule has 0 aliphatic heterocycles. The molecule has 2 aliphatic rings. The summed E-state index contributed by atoms with van der Waals surface area (Å²) in [5, 5.41) is 0. The minimum absolute atomic E-state index is 0.248. The van der Waals surface area contributed by atoms with E-state index in [0.29, 0.717) is 19.0 Å². The molecule has 0 aromatic heterocycles. The summed E-state index contributed by atoms with van der Waals surface area (Å²) < 4.78 is 5.84. The van der Waals surface area contributed by atoms with Crippen molar-refractivity contribution in [1.82, 2.24) is 4.90 Å². The van der Waals surface area contributed by atoms with Crippen molar-refractivity contribution in [3.05, 3.63) is 42.5 Å². The summed E-state index contributed by atoms with van der Waals surface area (Å²) in [7, 11) is 0. The fourth-order valence-corrected chi connectivity index (χ4v) is 2.94. The zero-order valence-corrected chi connectivity index (χ0v) is 13.9. The number of amides is 1. The summed E-state index contributed by atoms with van der Waals surface area (Å²) in [6, 6.07) is 8.70. The number of allylic oxidation sites excluding steroid dienone is 1. The largest absolute Gasteiger partial charge is 0.493 e. The third-order valence-corrected chi connectivity index (χ3v) is 4.86. The van der Waals surface area contributed by atoms with Crippen LogP contribution in [0.5, 0.6) is 5.75 Å². The molecular formula is C20H27NO2. The predicted molar refractivity (Wildman–Crippen MR) is 92.3 cm³/mol. The van der Waals surface area contributed by atoms with Gasteiger partial charge in [-0.25, -0.2) is 0 Å². The van der Waals surface area contributed by atoms with Gasteiger partial charge in [-0.1, -0.05) is 24.6 Å². The smallest absolute Gasteiger partial charge is 0.223 e. The van der Waals surface area contributed by atoms with Gasteiger partial charge in [-0.15, -0.1) is 6.58 Å². The minimum Gasteiger partial charge on any atom is -0.493 e. The van der Waals surface area contributed by atoms with Gasteiger partial charge in [-0.05, 0) is 55.7 Å². The molecule has 0 N–H and O–H groups in total. The van der Waals surface area contributed by atoms with Gasteiger partial charge in [0.2, 0.25) is 5.91 Å². The summed E-state index contributed by atoms with van der Waals surface area (Å²) in [5.41, 5.74) is 1.18. The average Bonchev–Trinajstić information content (AvgIpc) is 3.35. The van der Waals surface area contributed by atoms with Crippen molar-refractivity contribution in [3.8, 4) is 5.75 Å². The monoisotopic (exact) mass is 313 g/mol. The lowest BCUT2D eigenvalue weighted by molar-refractivity contribution is -0.132. The molecule has 2 fully saturated rings. The van der Waals surface area contributed by atoms with Gasteiger partial charge in [0, 0.05) is 19.0 Å². The van der Waals surface area contributed by atoms with E-state index in [1.54, 1.807) is 0 Å². The molecule has 23 heavy (non-hydrogen) atoms. The highest BCUT2D eigenvalue weighted by atomic mass is 16.5. The Kier molecular flexibility index (Phi) is 5.37. The molecule has 2 aliphatic carbocycles. The van der Waals surface area contributed by atoms with Crippen LogP contribution in [0.1, 0.15) is 50.5 Å². The minimum atomic E-state index is 0.248. The van der Waals surface area contributed by atoms with Gasteiger partial charge in [0.1, 0.15) is 5.75 Å². The van der Waals surface area contributed by atoms with Crippen LogP contribution in [0.2, 0.25) is 0 Å². The fraction of sp³-hybridized carbons (Fsp3) is 0.550. The van der Waals surface area contributed by atoms with Gasteiger partial charge in [-0.2, -0.15) is 0 Å². The molecule has 2 saturated carbocycles. The maximum absolute atomic E-state index is 12.3. The van der Waals surface area contributed by atoms with Gasteiger partial charge in [0.05, 0.1) is 6.61 Å². The van der Waals surface area contributed by atoms with Crippen LogP contribution in [-0.4, -0.2) is 23.5 Å². The Hall–Kier alpha value is -1.77. The van der Waals surface area contributed by atoms with Crippen molar-refractivity contribution >= 4 is 5.91 Å². The Morgan fingerprint density at radius 2 is 1.96 bits per heavy atom. The molecule has 0 atom stereocenters. The van der Waals surface area contributed by atoms with E-state index in [1.165, 1.54) is 24.8 Å². The first-order chi connectivity index (χ1) is 11.3. The molecule has 0 radical (unpaired) electrons. The zero-order valence-electron chi connectivity index (χ0n) is 13.9. The van der Waals surface area contributed by atoms with Crippen LogP contribution in [0.3, 0.4) is 0 Å². The van der Waals surface area contributed by atoms with Crippen molar-refractivity contribution in [3.63, 3.8) is 0 Å². The Balaban J connectivity index is 1.52. The Bertz CT molecular complexity index is 529. The average molecular weight is 313 g/mol. The van der Waals surface area contributed by atoms with Crippen molar-refractivity contribution < 1.29 is 9.53 Å². The van der Waals surface area contributed by atoms with Gasteiger partial charge in [0.25, 0.3) is 0 Å². The predicted octanol–water partition coefficient (Wildman–Crippen LogP) is 4.32. The lowest BCUT2D eigenvalue weighted by Crippen LogP contribution is -2.32. The number of nitrogens with zero attached hydrogens (tertiary/aromatic N) is 1. The molecule has 0 saturated heterocycles. The summed E-state index contributed by atoms with van der Waals surface area (Å²) >= 11 is 0. The first kappa shape index (κ1) is 16.1. The molecule has 1 aromatic carbocycles. The van der Waals surface area contributed by atoms with E-state index in [2.05, 4.69) is 18.7 Å². The highest BCUT2D eigenvalue weighted by molar-refractivity contribution is 5.77. The first-order valence-electron chi connectivity index (χ1n) is 8.88. The molecule has 3 rings (SSSR count). The second kappa shape index (κ2) is 7.67. The second-order valence-electron chi connectivity index (χ2n) is 6.83. The van der Waals surface area contributed by atoms with Gasteiger partial charge >= 0.3 is 0 Å². The maximum Gasteiger partial charge on any atom is 0.223 e. The molecule has 1 amide bonds. The number of carbonyl (C=O) groups is 1. The lowest BCUT2D eigenvalue weighted by Gasteiger charge is -2.25. The van der Waals surface area contributed by atoms with Crippen LogP contribution in [0.15, 0.2) is 36.9 Å². The van der Waals surface area contributed by atoms with E-state index in [1.807, 2.05) is 23.1 Å². The molecule has 0 spiro atoms. The lowest BCUT2D eigenvalue weighted by atomic mass is 9.86. The fourth-order valence-electron chi connectivity index (χ4n) is 2.94. The van der Waals surface area contributed by atoms with Crippen molar-refractivity contribution in [2.75, 3.05) is 6.61 Å². The van der Waals surface area contributed by atoms with E-state index in [4.69, 9.17) is 4.74 Å². The number of carbonyl (C=O) groups excluding carboxylic acids is 1. The van der Waals surface area contributed by atoms with E-state index in [-0.39, 0.29) is 5.91 Å². The summed E-state index contributed by atoms with van der Waals surface area (Å²) in [6.45, 7) is 5.25. The summed E-state index contributed by atoms with van der Waals surface area (Å²) in [6.07, 6.45) is 9.40. The third kappa shape index (κ3) is 4.60. The van der Waals surface area contributed by atoms with Crippen LogP contribution < -0.4 is 4.74 Å². The van der Waals surface area contributed by atoms with Gasteiger partial charge in [-0.3, -0.25) is 4.79 Å². The Morgan fingerprint density at radius 1 is 1.22 bits per heavy atom. The second-order valence-corrected chi connectivity index (χ2v) is 6.83. The first-order valence-corrected chi connectivity index (χ1v) is 8.88. The molecule has 3 heteroatoms. The number of hydrogen-bond donors (Lipinski definition) is 0. The van der Waals surface area contributed by atoms with Gasteiger partial charge < -0.3 is 9.64 Å². The third-order valence-electron chi connectivity index (χ3n) is 4.86. The number of ether oxygens (including phenoxy) is 1. The van der Waals surface area contributed by atoms with Crippen LogP contribution in [0, 0.1) is 5.92 Å². The zero-order chi connectivity index (χ0) is 16.1. The molecule has 1 aromatic rings. The molecule has 3 nitrogen and oxygen atoms in total. The van der Waals surface area contributed by atoms with E-state index in [9.17, 15) is 4.79 Å². The van der Waals surface area contributed by atoms with E-state index in [0.717, 1.165) is 37.5 Å². The van der Waals surface area contributed by atoms with Crippen molar-refractivity contribution in [1.29, 1.82) is 0 Å². The highest BCUT2D eigenvalue weighted by Gasteiger charge is 2.31. The molecular weight excluding hydrogens is 286 g/mol. The summed E-state index contributed by atoms with van der Waals surface area (Å²) in [4.78, 5) is 14.4. The quantitative estimate of drug-likeness (QED) is 0.635. The van der Waals surface area contributed by atoms with Crippen LogP contribution in [0.25, 0.3) is 0 Å². The van der Waals surface area contributed by atoms with E-state index >= 15 is 0 Å². The Morgan fingerprint density at radius 3 is 2.52 bits per heavy atom.